The number of ether oxygens (including phenoxy) is 1. The molecule has 0 radical (unpaired) electrons. The van der Waals surface area contributed by atoms with Crippen molar-refractivity contribution in [1.29, 1.82) is 0 Å². The second-order valence-corrected chi connectivity index (χ2v) is 4.87. The Balaban J connectivity index is 2.30. The average molecular weight is 313 g/mol. The average Bonchev–Trinajstić information content (AvgIpc) is 2.47. The van der Waals surface area contributed by atoms with Gasteiger partial charge < -0.3 is 15.3 Å². The van der Waals surface area contributed by atoms with Crippen molar-refractivity contribution in [3.63, 3.8) is 0 Å². The molecule has 0 aliphatic carbocycles. The molecule has 1 aromatic rings. The number of nitrogens with zero attached hydrogens (tertiary/aromatic N) is 1. The molecule has 7 heteroatoms. The van der Waals surface area contributed by atoms with Crippen LogP contribution in [0.1, 0.15) is 24.9 Å². The highest BCUT2D eigenvalue weighted by atomic mass is 35.5. The fourth-order valence-electron chi connectivity index (χ4n) is 2.08. The summed E-state index contributed by atoms with van der Waals surface area (Å²) >= 11 is 5.72. The molecule has 1 aliphatic rings. The van der Waals surface area contributed by atoms with E-state index in [0.717, 1.165) is 0 Å². The summed E-state index contributed by atoms with van der Waals surface area (Å²) in [5.41, 5.74) is 0.710. The molecule has 21 heavy (non-hydrogen) atoms. The second-order valence-electron chi connectivity index (χ2n) is 4.44. The Morgan fingerprint density at radius 3 is 3.00 bits per heavy atom. The zero-order valence-corrected chi connectivity index (χ0v) is 12.0. The van der Waals surface area contributed by atoms with Gasteiger partial charge in [0, 0.05) is 17.0 Å². The molecule has 0 aromatic heterocycles. The van der Waals surface area contributed by atoms with E-state index in [0.29, 0.717) is 5.56 Å². The van der Waals surface area contributed by atoms with Crippen molar-refractivity contribution in [3.05, 3.63) is 46.4 Å². The van der Waals surface area contributed by atoms with E-state index in [1.165, 1.54) is 18.2 Å². The lowest BCUT2D eigenvalue weighted by molar-refractivity contribution is -0.139. The molecule has 1 unspecified atom stereocenters. The zero-order valence-electron chi connectivity index (χ0n) is 11.3. The first-order chi connectivity index (χ1) is 10.0. The molecule has 1 heterocycles. The summed E-state index contributed by atoms with van der Waals surface area (Å²) in [7, 11) is 0. The van der Waals surface area contributed by atoms with Crippen molar-refractivity contribution >= 4 is 23.3 Å². The minimum atomic E-state index is -0.585. The van der Waals surface area contributed by atoms with Crippen molar-refractivity contribution in [3.8, 4) is 0 Å². The van der Waals surface area contributed by atoms with Crippen LogP contribution < -0.4 is 5.32 Å². The number of halogens is 2. The molecule has 1 aromatic carbocycles. The van der Waals surface area contributed by atoms with Gasteiger partial charge in [0.2, 0.25) is 0 Å². The van der Waals surface area contributed by atoms with Crippen LogP contribution in [-0.4, -0.2) is 23.5 Å². The molecule has 0 bridgehead atoms. The number of carbonyl (C=O) groups excluding carboxylic acids is 1. The lowest BCUT2D eigenvalue weighted by Gasteiger charge is -2.25. The fourth-order valence-corrected chi connectivity index (χ4v) is 2.24. The number of rotatable bonds is 3. The lowest BCUT2D eigenvalue weighted by atomic mass is 9.96. The van der Waals surface area contributed by atoms with Gasteiger partial charge in [-0.3, -0.25) is 0 Å². The normalized spacial score (nSPS) is 19.9. The molecular formula is C14H14ClFN2O3. The van der Waals surface area contributed by atoms with E-state index in [4.69, 9.17) is 21.5 Å². The van der Waals surface area contributed by atoms with Crippen LogP contribution in [0.2, 0.25) is 5.02 Å². The van der Waals surface area contributed by atoms with Gasteiger partial charge in [-0.25, -0.2) is 9.18 Å². The van der Waals surface area contributed by atoms with Gasteiger partial charge in [0.1, 0.15) is 11.5 Å². The number of allylic oxidation sites excluding steroid dienone is 1. The number of hydrogen-bond donors (Lipinski definition) is 2. The first kappa shape index (κ1) is 15.3. The maximum Gasteiger partial charge on any atom is 0.354 e. The number of benzene rings is 1. The summed E-state index contributed by atoms with van der Waals surface area (Å²) in [5, 5.41) is 15.2. The van der Waals surface area contributed by atoms with Gasteiger partial charge >= 0.3 is 5.97 Å². The first-order valence-corrected chi connectivity index (χ1v) is 6.74. The summed E-state index contributed by atoms with van der Waals surface area (Å²) in [5.74, 6) is -1.08. The highest BCUT2D eigenvalue weighted by Crippen LogP contribution is 2.27. The van der Waals surface area contributed by atoms with Gasteiger partial charge in [-0.15, -0.1) is 0 Å². The first-order valence-electron chi connectivity index (χ1n) is 6.36. The van der Waals surface area contributed by atoms with E-state index >= 15 is 0 Å². The Kier molecular flexibility index (Phi) is 4.80. The molecule has 0 spiro atoms. The van der Waals surface area contributed by atoms with Crippen LogP contribution in [0.25, 0.3) is 0 Å². The molecule has 2 rings (SSSR count). The predicted octanol–water partition coefficient (Wildman–Crippen LogP) is 2.79. The topological polar surface area (TPSA) is 70.9 Å². The molecule has 5 nitrogen and oxygen atoms in total. The van der Waals surface area contributed by atoms with Crippen molar-refractivity contribution in [2.45, 2.75) is 19.4 Å². The molecule has 0 amide bonds. The van der Waals surface area contributed by atoms with Gasteiger partial charge in [-0.2, -0.15) is 0 Å². The highest BCUT2D eigenvalue weighted by Gasteiger charge is 2.26. The molecule has 1 atom stereocenters. The van der Waals surface area contributed by atoms with Crippen LogP contribution in [0.4, 0.5) is 4.39 Å². The van der Waals surface area contributed by atoms with E-state index in [2.05, 4.69) is 10.5 Å². The zero-order chi connectivity index (χ0) is 15.4. The Morgan fingerprint density at radius 1 is 1.62 bits per heavy atom. The standard InChI is InChI=1S/C14H14ClFN2O3/c1-2-21-14(19)13-7-9(18-20)6-12(17-13)10-4-3-8(15)5-11(10)16/h3-5,7,12,17,20H,2,6H2,1H3/b18-9+. The summed E-state index contributed by atoms with van der Waals surface area (Å²) in [4.78, 5) is 11.8. The predicted molar refractivity (Wildman–Crippen MR) is 75.8 cm³/mol. The Morgan fingerprint density at radius 2 is 2.38 bits per heavy atom. The van der Waals surface area contributed by atoms with E-state index < -0.39 is 17.8 Å². The number of hydrogen-bond acceptors (Lipinski definition) is 5. The Labute approximate surface area is 126 Å². The van der Waals surface area contributed by atoms with E-state index in [-0.39, 0.29) is 29.5 Å². The van der Waals surface area contributed by atoms with E-state index in [1.54, 1.807) is 13.0 Å². The summed E-state index contributed by atoms with van der Waals surface area (Å²) in [6.07, 6.45) is 1.61. The largest absolute Gasteiger partial charge is 0.461 e. The van der Waals surface area contributed by atoms with Crippen LogP contribution >= 0.6 is 11.6 Å². The third-order valence-electron chi connectivity index (χ3n) is 3.02. The minimum Gasteiger partial charge on any atom is -0.461 e. The summed E-state index contributed by atoms with van der Waals surface area (Å²) < 4.78 is 18.9. The maximum atomic E-state index is 14.0. The SMILES string of the molecule is CCOC(=O)C1=C/C(=N/O)CC(c2ccc(Cl)cc2F)N1. The molecule has 0 saturated heterocycles. The number of esters is 1. The maximum absolute atomic E-state index is 14.0. The summed E-state index contributed by atoms with van der Waals surface area (Å²) in [6, 6.07) is 3.73. The van der Waals surface area contributed by atoms with Gasteiger partial charge in [0.15, 0.2) is 0 Å². The van der Waals surface area contributed by atoms with Crippen LogP contribution in [0.5, 0.6) is 0 Å². The molecule has 0 fully saturated rings. The van der Waals surface area contributed by atoms with E-state index in [9.17, 15) is 9.18 Å². The van der Waals surface area contributed by atoms with Gasteiger partial charge in [-0.05, 0) is 25.1 Å². The van der Waals surface area contributed by atoms with Gasteiger partial charge in [0.25, 0.3) is 0 Å². The molecule has 1 aliphatic heterocycles. The Bertz CT molecular complexity index is 616. The van der Waals surface area contributed by atoms with Crippen LogP contribution in [0, 0.1) is 5.82 Å². The highest BCUT2D eigenvalue weighted by molar-refractivity contribution is 6.30. The van der Waals surface area contributed by atoms with Gasteiger partial charge in [0.05, 0.1) is 18.4 Å². The summed E-state index contributed by atoms with van der Waals surface area (Å²) in [6.45, 7) is 1.89. The molecular weight excluding hydrogens is 299 g/mol. The molecule has 0 saturated carbocycles. The van der Waals surface area contributed by atoms with Crippen LogP contribution in [0.15, 0.2) is 35.1 Å². The van der Waals surface area contributed by atoms with Crippen molar-refractivity contribution in [2.24, 2.45) is 5.16 Å². The van der Waals surface area contributed by atoms with E-state index in [1.807, 2.05) is 0 Å². The minimum absolute atomic E-state index is 0.121. The quantitative estimate of drug-likeness (QED) is 0.511. The smallest absolute Gasteiger partial charge is 0.354 e. The van der Waals surface area contributed by atoms with Crippen molar-refractivity contribution in [1.82, 2.24) is 5.32 Å². The third-order valence-corrected chi connectivity index (χ3v) is 3.25. The second kappa shape index (κ2) is 6.58. The number of oxime groups is 1. The molecule has 2 N–H and O–H groups in total. The lowest BCUT2D eigenvalue weighted by Crippen LogP contribution is -2.33. The number of nitrogens with one attached hydrogen (secondary N) is 1. The van der Waals surface area contributed by atoms with Crippen molar-refractivity contribution < 1.29 is 19.1 Å². The number of carbonyl (C=O) groups is 1. The molecule has 112 valence electrons. The monoisotopic (exact) mass is 312 g/mol. The van der Waals surface area contributed by atoms with Crippen molar-refractivity contribution in [2.75, 3.05) is 6.61 Å². The van der Waals surface area contributed by atoms with Crippen LogP contribution in [-0.2, 0) is 9.53 Å². The van der Waals surface area contributed by atoms with Crippen LogP contribution in [0.3, 0.4) is 0 Å². The Hall–Kier alpha value is -2.08. The third kappa shape index (κ3) is 3.52. The fraction of sp³-hybridized carbons (Fsp3) is 0.286. The van der Waals surface area contributed by atoms with Gasteiger partial charge in [-0.1, -0.05) is 22.8 Å².